The second-order valence-corrected chi connectivity index (χ2v) is 3.60. The molecule has 2 heterocycles. The zero-order valence-corrected chi connectivity index (χ0v) is 8.68. The van der Waals surface area contributed by atoms with Gasteiger partial charge in [0.2, 0.25) is 0 Å². The summed E-state index contributed by atoms with van der Waals surface area (Å²) >= 11 is 1.36. The molecule has 6 heteroatoms. The van der Waals surface area contributed by atoms with Gasteiger partial charge in [-0.05, 0) is 17.8 Å². The number of aromatic nitrogens is 4. The molecule has 0 saturated carbocycles. The van der Waals surface area contributed by atoms with E-state index in [-0.39, 0.29) is 0 Å². The maximum absolute atomic E-state index is 5.55. The van der Waals surface area contributed by atoms with Gasteiger partial charge < -0.3 is 5.73 Å². The van der Waals surface area contributed by atoms with Crippen molar-refractivity contribution in [2.45, 2.75) is 16.7 Å². The zero-order valence-electron chi connectivity index (χ0n) is 7.87. The van der Waals surface area contributed by atoms with Crippen LogP contribution >= 0.6 is 11.8 Å². The van der Waals surface area contributed by atoms with E-state index < -0.39 is 0 Å². The van der Waals surface area contributed by atoms with Gasteiger partial charge in [0, 0.05) is 31.3 Å². The molecule has 0 unspecified atom stereocenters. The molecule has 0 amide bonds. The summed E-state index contributed by atoms with van der Waals surface area (Å²) in [5.74, 6) is 0. The van der Waals surface area contributed by atoms with Gasteiger partial charge in [-0.2, -0.15) is 0 Å². The summed E-state index contributed by atoms with van der Waals surface area (Å²) in [6.07, 6.45) is 6.63. The number of nitrogens with zero attached hydrogens (tertiary/aromatic N) is 4. The highest BCUT2D eigenvalue weighted by molar-refractivity contribution is 7.99. The Kier molecular flexibility index (Phi) is 3.21. The minimum Gasteiger partial charge on any atom is -0.325 e. The van der Waals surface area contributed by atoms with Gasteiger partial charge >= 0.3 is 0 Å². The fourth-order valence-electron chi connectivity index (χ4n) is 1.00. The van der Waals surface area contributed by atoms with E-state index in [0.29, 0.717) is 11.7 Å². The van der Waals surface area contributed by atoms with Crippen molar-refractivity contribution in [3.8, 4) is 0 Å². The average Bonchev–Trinajstić information content (AvgIpc) is 2.31. The molecule has 0 aliphatic carbocycles. The highest BCUT2D eigenvalue weighted by Crippen LogP contribution is 2.23. The molecule has 2 rings (SSSR count). The van der Waals surface area contributed by atoms with Gasteiger partial charge in [0.1, 0.15) is 5.03 Å². The number of hydrogen-bond donors (Lipinski definition) is 1. The molecule has 0 atom stereocenters. The predicted molar refractivity (Wildman–Crippen MR) is 56.1 cm³/mol. The SMILES string of the molecule is NCc1nccnc1Sc1ncccn1. The summed E-state index contributed by atoms with van der Waals surface area (Å²) < 4.78 is 0. The average molecular weight is 219 g/mol. The highest BCUT2D eigenvalue weighted by atomic mass is 32.2. The zero-order chi connectivity index (χ0) is 10.5. The Balaban J connectivity index is 2.24. The Labute approximate surface area is 91.2 Å². The number of nitrogens with two attached hydrogens (primary N) is 1. The number of rotatable bonds is 3. The first-order valence-corrected chi connectivity index (χ1v) is 5.16. The van der Waals surface area contributed by atoms with Crippen LogP contribution in [-0.2, 0) is 6.54 Å². The topological polar surface area (TPSA) is 77.6 Å². The van der Waals surface area contributed by atoms with Crippen LogP contribution in [0.2, 0.25) is 0 Å². The molecule has 0 spiro atoms. The third-order valence-corrected chi connectivity index (χ3v) is 2.59. The lowest BCUT2D eigenvalue weighted by Gasteiger charge is -2.02. The van der Waals surface area contributed by atoms with Crippen LogP contribution < -0.4 is 5.73 Å². The van der Waals surface area contributed by atoms with Crippen molar-refractivity contribution in [2.75, 3.05) is 0 Å². The van der Waals surface area contributed by atoms with Crippen molar-refractivity contribution in [3.63, 3.8) is 0 Å². The minimum atomic E-state index is 0.364. The van der Waals surface area contributed by atoms with Gasteiger partial charge in [-0.1, -0.05) is 0 Å². The summed E-state index contributed by atoms with van der Waals surface area (Å²) in [6.45, 7) is 0.364. The third kappa shape index (κ3) is 2.48. The molecule has 0 saturated heterocycles. The van der Waals surface area contributed by atoms with Crippen molar-refractivity contribution >= 4 is 11.8 Å². The molecule has 2 aromatic heterocycles. The van der Waals surface area contributed by atoms with Crippen molar-refractivity contribution in [1.29, 1.82) is 0 Å². The molecule has 15 heavy (non-hydrogen) atoms. The van der Waals surface area contributed by atoms with Crippen molar-refractivity contribution < 1.29 is 0 Å². The molecule has 0 bridgehead atoms. The normalized spacial score (nSPS) is 10.2. The van der Waals surface area contributed by atoms with Crippen molar-refractivity contribution in [2.24, 2.45) is 5.73 Å². The third-order valence-electron chi connectivity index (χ3n) is 1.66. The predicted octanol–water partition coefficient (Wildman–Crippen LogP) is 0.876. The minimum absolute atomic E-state index is 0.364. The van der Waals surface area contributed by atoms with Crippen LogP contribution in [0.15, 0.2) is 41.0 Å². The molecule has 76 valence electrons. The van der Waals surface area contributed by atoms with E-state index >= 15 is 0 Å². The molecule has 2 N–H and O–H groups in total. The summed E-state index contributed by atoms with van der Waals surface area (Å²) in [5.41, 5.74) is 6.31. The standard InChI is InChI=1S/C9H9N5S/c10-6-7-8(12-5-4-11-7)15-9-13-2-1-3-14-9/h1-5H,6,10H2. The Bertz CT molecular complexity index is 434. The highest BCUT2D eigenvalue weighted by Gasteiger charge is 2.06. The van der Waals surface area contributed by atoms with Crippen LogP contribution in [0, 0.1) is 0 Å². The lowest BCUT2D eigenvalue weighted by Crippen LogP contribution is -2.02. The Morgan fingerprint density at radius 3 is 2.47 bits per heavy atom. The fourth-order valence-corrected chi connectivity index (χ4v) is 1.77. The van der Waals surface area contributed by atoms with Gasteiger partial charge in [0.25, 0.3) is 0 Å². The molecular formula is C9H9N5S. The monoisotopic (exact) mass is 219 g/mol. The van der Waals surface area contributed by atoms with E-state index in [2.05, 4.69) is 19.9 Å². The molecule has 5 nitrogen and oxygen atoms in total. The van der Waals surface area contributed by atoms with Crippen LogP contribution in [0.4, 0.5) is 0 Å². The second kappa shape index (κ2) is 4.81. The van der Waals surface area contributed by atoms with Gasteiger partial charge in [-0.25, -0.2) is 15.0 Å². The van der Waals surface area contributed by atoms with E-state index in [4.69, 9.17) is 5.73 Å². The Hall–Kier alpha value is -1.53. The summed E-state index contributed by atoms with van der Waals surface area (Å²) in [5, 5.41) is 1.40. The van der Waals surface area contributed by atoms with E-state index in [1.54, 1.807) is 30.9 Å². The van der Waals surface area contributed by atoms with E-state index in [0.717, 1.165) is 10.7 Å². The molecule has 0 radical (unpaired) electrons. The van der Waals surface area contributed by atoms with Crippen LogP contribution in [0.1, 0.15) is 5.69 Å². The Morgan fingerprint density at radius 1 is 1.00 bits per heavy atom. The molecule has 0 aromatic carbocycles. The van der Waals surface area contributed by atoms with E-state index in [9.17, 15) is 0 Å². The summed E-state index contributed by atoms with van der Waals surface area (Å²) in [7, 11) is 0. The molecule has 0 aliphatic heterocycles. The summed E-state index contributed by atoms with van der Waals surface area (Å²) in [4.78, 5) is 16.5. The molecular weight excluding hydrogens is 210 g/mol. The quantitative estimate of drug-likeness (QED) is 0.772. The largest absolute Gasteiger partial charge is 0.325 e. The molecule has 2 aromatic rings. The summed E-state index contributed by atoms with van der Waals surface area (Å²) in [6, 6.07) is 1.77. The first kappa shape index (κ1) is 10.0. The first-order chi connectivity index (χ1) is 7.40. The van der Waals surface area contributed by atoms with Gasteiger partial charge in [0.15, 0.2) is 5.16 Å². The van der Waals surface area contributed by atoms with Gasteiger partial charge in [0.05, 0.1) is 5.69 Å². The van der Waals surface area contributed by atoms with Crippen LogP contribution in [0.5, 0.6) is 0 Å². The second-order valence-electron chi connectivity index (χ2n) is 2.65. The maximum Gasteiger partial charge on any atom is 0.193 e. The molecule has 0 fully saturated rings. The smallest absolute Gasteiger partial charge is 0.193 e. The van der Waals surface area contributed by atoms with Crippen LogP contribution in [0.3, 0.4) is 0 Å². The molecule has 0 aliphatic rings. The number of hydrogen-bond acceptors (Lipinski definition) is 6. The van der Waals surface area contributed by atoms with Crippen molar-refractivity contribution in [3.05, 3.63) is 36.5 Å². The first-order valence-electron chi connectivity index (χ1n) is 4.35. The lowest BCUT2D eigenvalue weighted by molar-refractivity contribution is 0.878. The lowest BCUT2D eigenvalue weighted by atomic mass is 10.5. The van der Waals surface area contributed by atoms with E-state index in [1.807, 2.05) is 0 Å². The van der Waals surface area contributed by atoms with Crippen LogP contribution in [0.25, 0.3) is 0 Å². The van der Waals surface area contributed by atoms with Crippen LogP contribution in [-0.4, -0.2) is 19.9 Å². The van der Waals surface area contributed by atoms with Crippen molar-refractivity contribution in [1.82, 2.24) is 19.9 Å². The Morgan fingerprint density at radius 2 is 1.73 bits per heavy atom. The van der Waals surface area contributed by atoms with E-state index in [1.165, 1.54) is 11.8 Å². The maximum atomic E-state index is 5.55. The van der Waals surface area contributed by atoms with Gasteiger partial charge in [-0.3, -0.25) is 4.98 Å². The fraction of sp³-hybridized carbons (Fsp3) is 0.111. The van der Waals surface area contributed by atoms with Gasteiger partial charge in [-0.15, -0.1) is 0 Å².